The zero-order chi connectivity index (χ0) is 21.6. The zero-order valence-electron chi connectivity index (χ0n) is 15.2. The fourth-order valence-electron chi connectivity index (χ4n) is 3.19. The third-order valence-electron chi connectivity index (χ3n) is 4.68. The van der Waals surface area contributed by atoms with Gasteiger partial charge in [0.05, 0.1) is 6.61 Å². The van der Waals surface area contributed by atoms with Crippen LogP contribution in [0.2, 0.25) is 10.0 Å². The van der Waals surface area contributed by atoms with Gasteiger partial charge in [-0.1, -0.05) is 41.0 Å². The SMILES string of the molecule is Nc1nc2c(nc(SCc3ccc(Cl)cc3Cl)n2C2OC(CO)C(O)C2O)c(=O)[nH]1. The summed E-state index contributed by atoms with van der Waals surface area (Å²) in [5.74, 6) is 0.222. The lowest BCUT2D eigenvalue weighted by atomic mass is 10.1. The Kier molecular flexibility index (Phi) is 5.95. The van der Waals surface area contributed by atoms with Crippen LogP contribution in [0, 0.1) is 0 Å². The number of benzene rings is 1. The van der Waals surface area contributed by atoms with Crippen molar-refractivity contribution < 1.29 is 20.1 Å². The van der Waals surface area contributed by atoms with E-state index >= 15 is 0 Å². The van der Waals surface area contributed by atoms with Crippen molar-refractivity contribution in [1.29, 1.82) is 0 Å². The summed E-state index contributed by atoms with van der Waals surface area (Å²) >= 11 is 13.4. The Labute approximate surface area is 183 Å². The van der Waals surface area contributed by atoms with Gasteiger partial charge in [0.25, 0.3) is 5.56 Å². The van der Waals surface area contributed by atoms with E-state index in [-0.39, 0.29) is 22.3 Å². The maximum absolute atomic E-state index is 12.3. The van der Waals surface area contributed by atoms with Crippen LogP contribution in [0.5, 0.6) is 0 Å². The van der Waals surface area contributed by atoms with Gasteiger partial charge in [-0.25, -0.2) is 4.98 Å². The van der Waals surface area contributed by atoms with Crippen molar-refractivity contribution in [3.8, 4) is 0 Å². The lowest BCUT2D eigenvalue weighted by molar-refractivity contribution is -0.0548. The third-order valence-corrected chi connectivity index (χ3v) is 6.27. The van der Waals surface area contributed by atoms with Crippen LogP contribution in [-0.2, 0) is 10.5 Å². The zero-order valence-corrected chi connectivity index (χ0v) is 17.5. The number of nitrogens with one attached hydrogen (secondary N) is 1. The third kappa shape index (κ3) is 3.78. The van der Waals surface area contributed by atoms with E-state index in [1.54, 1.807) is 18.2 Å². The van der Waals surface area contributed by atoms with Crippen molar-refractivity contribution in [2.45, 2.75) is 35.4 Å². The molecule has 0 amide bonds. The van der Waals surface area contributed by atoms with Crippen molar-refractivity contribution in [3.63, 3.8) is 0 Å². The van der Waals surface area contributed by atoms with Gasteiger partial charge in [-0.3, -0.25) is 14.3 Å². The molecule has 10 nitrogen and oxygen atoms in total. The molecule has 0 spiro atoms. The Morgan fingerprint density at radius 3 is 2.70 bits per heavy atom. The van der Waals surface area contributed by atoms with Crippen molar-refractivity contribution in [1.82, 2.24) is 19.5 Å². The molecule has 1 aromatic carbocycles. The van der Waals surface area contributed by atoms with Gasteiger partial charge >= 0.3 is 0 Å². The number of nitrogen functional groups attached to an aromatic ring is 1. The normalized spacial score (nSPS) is 24.0. The molecule has 30 heavy (non-hydrogen) atoms. The number of nitrogens with two attached hydrogens (primary N) is 1. The number of aromatic nitrogens is 4. The van der Waals surface area contributed by atoms with Gasteiger partial charge in [0.2, 0.25) is 5.95 Å². The highest BCUT2D eigenvalue weighted by Crippen LogP contribution is 2.36. The predicted molar refractivity (Wildman–Crippen MR) is 112 cm³/mol. The number of H-pyrrole nitrogens is 1. The Bertz CT molecular complexity index is 1160. The highest BCUT2D eigenvalue weighted by Gasteiger charge is 2.45. The summed E-state index contributed by atoms with van der Waals surface area (Å²) in [4.78, 5) is 23.2. The highest BCUT2D eigenvalue weighted by atomic mass is 35.5. The number of halogens is 2. The van der Waals surface area contributed by atoms with Gasteiger partial charge in [0.1, 0.15) is 18.3 Å². The number of aliphatic hydroxyl groups excluding tert-OH is 3. The largest absolute Gasteiger partial charge is 0.394 e. The van der Waals surface area contributed by atoms with Gasteiger partial charge in [0.15, 0.2) is 22.5 Å². The lowest BCUT2D eigenvalue weighted by Crippen LogP contribution is -2.33. The molecule has 1 fully saturated rings. The number of aliphatic hydroxyl groups is 3. The standard InChI is InChI=1S/C17H17Cl2N5O5S/c18-7-2-1-6(8(19)3-7)5-30-17-21-10-13(22-16(20)23-14(10)28)24(17)15-12(27)11(26)9(4-25)29-15/h1-3,9,11-12,15,25-27H,4-5H2,(H3,20,22,23,28). The molecule has 0 saturated carbocycles. The Morgan fingerprint density at radius 2 is 2.03 bits per heavy atom. The average molecular weight is 474 g/mol. The Balaban J connectivity index is 1.78. The van der Waals surface area contributed by atoms with E-state index in [0.717, 1.165) is 5.56 Å². The number of thioether (sulfide) groups is 1. The second-order valence-corrected chi connectivity index (χ2v) is 8.43. The second-order valence-electron chi connectivity index (χ2n) is 6.64. The van der Waals surface area contributed by atoms with Gasteiger partial charge in [-0.2, -0.15) is 4.98 Å². The smallest absolute Gasteiger partial charge is 0.280 e. The van der Waals surface area contributed by atoms with Crippen LogP contribution in [-0.4, -0.2) is 59.8 Å². The molecule has 6 N–H and O–H groups in total. The monoisotopic (exact) mass is 473 g/mol. The van der Waals surface area contributed by atoms with Crippen LogP contribution in [0.25, 0.3) is 11.2 Å². The molecule has 4 unspecified atom stereocenters. The minimum absolute atomic E-state index is 0.00774. The molecule has 4 atom stereocenters. The van der Waals surface area contributed by atoms with E-state index in [2.05, 4.69) is 15.0 Å². The molecule has 2 aromatic heterocycles. The number of fused-ring (bicyclic) bond motifs is 1. The van der Waals surface area contributed by atoms with E-state index in [0.29, 0.717) is 15.8 Å². The molecule has 3 aromatic rings. The molecular formula is C17H17Cl2N5O5S. The van der Waals surface area contributed by atoms with E-state index in [4.69, 9.17) is 33.7 Å². The van der Waals surface area contributed by atoms with Crippen LogP contribution in [0.1, 0.15) is 11.8 Å². The van der Waals surface area contributed by atoms with E-state index < -0.39 is 36.7 Å². The number of imidazole rings is 1. The fourth-order valence-corrected chi connectivity index (χ4v) is 4.76. The molecule has 13 heteroatoms. The van der Waals surface area contributed by atoms with Crippen molar-refractivity contribution >= 4 is 52.1 Å². The Morgan fingerprint density at radius 1 is 1.27 bits per heavy atom. The predicted octanol–water partition coefficient (Wildman–Crippen LogP) is 0.912. The maximum atomic E-state index is 12.3. The summed E-state index contributed by atoms with van der Waals surface area (Å²) in [6.07, 6.45) is -4.87. The second kappa shape index (κ2) is 8.35. The number of anilines is 1. The van der Waals surface area contributed by atoms with Gasteiger partial charge < -0.3 is 25.8 Å². The van der Waals surface area contributed by atoms with Crippen LogP contribution in [0.3, 0.4) is 0 Å². The number of hydrogen-bond acceptors (Lipinski definition) is 9. The van der Waals surface area contributed by atoms with Crippen molar-refractivity contribution in [2.24, 2.45) is 0 Å². The van der Waals surface area contributed by atoms with Gasteiger partial charge in [-0.05, 0) is 17.7 Å². The van der Waals surface area contributed by atoms with Crippen molar-refractivity contribution in [3.05, 3.63) is 44.2 Å². The summed E-state index contributed by atoms with van der Waals surface area (Å²) in [7, 11) is 0. The van der Waals surface area contributed by atoms with E-state index in [9.17, 15) is 20.1 Å². The molecule has 4 rings (SSSR count). The maximum Gasteiger partial charge on any atom is 0.280 e. The van der Waals surface area contributed by atoms with Gasteiger partial charge in [-0.15, -0.1) is 0 Å². The van der Waals surface area contributed by atoms with E-state index in [1.165, 1.54) is 16.3 Å². The summed E-state index contributed by atoms with van der Waals surface area (Å²) < 4.78 is 7.01. The minimum Gasteiger partial charge on any atom is -0.394 e. The summed E-state index contributed by atoms with van der Waals surface area (Å²) in [6.45, 7) is -0.500. The topological polar surface area (TPSA) is 160 Å². The first kappa shape index (κ1) is 21.4. The van der Waals surface area contributed by atoms with Gasteiger partial charge in [0, 0.05) is 15.8 Å². The molecule has 160 valence electrons. The quantitative estimate of drug-likeness (QED) is 0.339. The molecular weight excluding hydrogens is 457 g/mol. The molecule has 1 saturated heterocycles. The first-order valence-corrected chi connectivity index (χ1v) is 10.5. The fraction of sp³-hybridized carbons (Fsp3) is 0.353. The number of hydrogen-bond donors (Lipinski definition) is 5. The number of ether oxygens (including phenoxy) is 1. The average Bonchev–Trinajstić information content (AvgIpc) is 3.19. The number of aromatic amines is 1. The van der Waals surface area contributed by atoms with E-state index in [1.807, 2.05) is 0 Å². The first-order chi connectivity index (χ1) is 14.3. The molecule has 3 heterocycles. The molecule has 0 aliphatic carbocycles. The first-order valence-electron chi connectivity index (χ1n) is 8.77. The van der Waals surface area contributed by atoms with Crippen LogP contribution in [0.15, 0.2) is 28.2 Å². The van der Waals surface area contributed by atoms with Crippen LogP contribution < -0.4 is 11.3 Å². The summed E-state index contributed by atoms with van der Waals surface area (Å²) in [6, 6.07) is 5.08. The number of nitrogens with zero attached hydrogens (tertiary/aromatic N) is 3. The number of rotatable bonds is 5. The summed E-state index contributed by atoms with van der Waals surface area (Å²) in [5.41, 5.74) is 5.96. The molecule has 1 aliphatic heterocycles. The molecule has 0 radical (unpaired) electrons. The van der Waals surface area contributed by atoms with Crippen molar-refractivity contribution in [2.75, 3.05) is 12.3 Å². The van der Waals surface area contributed by atoms with Crippen LogP contribution in [0.4, 0.5) is 5.95 Å². The highest BCUT2D eigenvalue weighted by molar-refractivity contribution is 7.98. The minimum atomic E-state index is -1.39. The van der Waals surface area contributed by atoms with Crippen LogP contribution >= 0.6 is 35.0 Å². The summed E-state index contributed by atoms with van der Waals surface area (Å²) in [5, 5.41) is 31.3. The molecule has 1 aliphatic rings. The lowest BCUT2D eigenvalue weighted by Gasteiger charge is -2.19. The Hall–Kier alpha value is -1.86. The molecule has 0 bridgehead atoms.